The van der Waals surface area contributed by atoms with Crippen LogP contribution in [0.1, 0.15) is 239 Å². The first-order valence-electron chi connectivity index (χ1n) is 24.3. The Morgan fingerprint density at radius 1 is 0.474 bits per heavy atom. The Labute approximate surface area is 353 Å². The molecule has 0 saturated heterocycles. The molecule has 2 unspecified atom stereocenters. The van der Waals surface area contributed by atoms with Crippen molar-refractivity contribution in [1.82, 2.24) is 0 Å². The Morgan fingerprint density at radius 2 is 0.789 bits per heavy atom. The van der Waals surface area contributed by atoms with Crippen LogP contribution in [0.15, 0.2) is 0 Å². The molecule has 10 heteroatoms. The number of ether oxygens (including phenoxy) is 2. The molecule has 0 fully saturated rings. The molecule has 0 bridgehead atoms. The fourth-order valence-corrected chi connectivity index (χ4v) is 7.82. The molecule has 0 aromatic rings. The van der Waals surface area contributed by atoms with Gasteiger partial charge >= 0.3 is 19.8 Å². The van der Waals surface area contributed by atoms with Gasteiger partial charge < -0.3 is 18.9 Å². The summed E-state index contributed by atoms with van der Waals surface area (Å²) in [6.45, 7) is 4.45. The van der Waals surface area contributed by atoms with Crippen molar-refractivity contribution < 1.29 is 42.1 Å². The van der Waals surface area contributed by atoms with Gasteiger partial charge in [0.15, 0.2) is 6.10 Å². The molecule has 2 atom stereocenters. The van der Waals surface area contributed by atoms with Crippen LogP contribution in [-0.4, -0.2) is 74.9 Å². The maximum Gasteiger partial charge on any atom is 0.472 e. The van der Waals surface area contributed by atoms with Crippen LogP contribution in [0.2, 0.25) is 0 Å². The van der Waals surface area contributed by atoms with Crippen LogP contribution < -0.4 is 0 Å². The normalized spacial score (nSPS) is 13.4. The standard InChI is InChI=1S/C47H94NO8P/c1-6-8-10-12-14-16-18-19-20-21-22-23-24-25-26-27-28-29-30-32-34-36-38-40-47(50)56-45(44-55-57(51,52)54-42-41-48(3,4)5)43-53-46(49)39-37-35-33-31-17-15-13-11-9-7-2/h45H,6-44H2,1-5H3/p+1. The number of carbonyl (C=O) groups is 2. The molecular weight excluding hydrogens is 737 g/mol. The predicted molar refractivity (Wildman–Crippen MR) is 238 cm³/mol. The fourth-order valence-electron chi connectivity index (χ4n) is 7.08. The summed E-state index contributed by atoms with van der Waals surface area (Å²) in [6.07, 6.45) is 41.6. The molecule has 0 heterocycles. The number of hydrogen-bond acceptors (Lipinski definition) is 7. The van der Waals surface area contributed by atoms with Crippen LogP contribution in [0.3, 0.4) is 0 Å². The van der Waals surface area contributed by atoms with Crippen molar-refractivity contribution >= 4 is 19.8 Å². The van der Waals surface area contributed by atoms with Crippen molar-refractivity contribution in [3.05, 3.63) is 0 Å². The molecule has 0 aliphatic rings. The van der Waals surface area contributed by atoms with Gasteiger partial charge in [0, 0.05) is 12.8 Å². The number of hydrogen-bond donors (Lipinski definition) is 1. The van der Waals surface area contributed by atoms with E-state index in [1.54, 1.807) is 0 Å². The average molecular weight is 833 g/mol. The molecule has 0 aromatic carbocycles. The number of likely N-dealkylation sites (N-methyl/N-ethyl adjacent to an activating group) is 1. The summed E-state index contributed by atoms with van der Waals surface area (Å²) in [5.74, 6) is -0.784. The van der Waals surface area contributed by atoms with Crippen LogP contribution >= 0.6 is 7.82 Å². The third-order valence-electron chi connectivity index (χ3n) is 10.9. The zero-order valence-corrected chi connectivity index (χ0v) is 39.2. The van der Waals surface area contributed by atoms with E-state index in [9.17, 15) is 19.0 Å². The van der Waals surface area contributed by atoms with Crippen molar-refractivity contribution in [3.8, 4) is 0 Å². The van der Waals surface area contributed by atoms with Gasteiger partial charge in [-0.15, -0.1) is 0 Å². The summed E-state index contributed by atoms with van der Waals surface area (Å²) < 4.78 is 34.3. The van der Waals surface area contributed by atoms with E-state index in [-0.39, 0.29) is 25.6 Å². The van der Waals surface area contributed by atoms with E-state index in [1.807, 2.05) is 21.1 Å². The Hall–Kier alpha value is -0.990. The highest BCUT2D eigenvalue weighted by molar-refractivity contribution is 7.47. The van der Waals surface area contributed by atoms with Gasteiger partial charge in [-0.1, -0.05) is 213 Å². The fraction of sp³-hybridized carbons (Fsp3) is 0.957. The smallest absolute Gasteiger partial charge is 0.462 e. The first kappa shape index (κ1) is 56.0. The van der Waals surface area contributed by atoms with Crippen LogP contribution in [0.4, 0.5) is 0 Å². The number of carbonyl (C=O) groups excluding carboxylic acids is 2. The van der Waals surface area contributed by atoms with Crippen LogP contribution in [-0.2, 0) is 32.7 Å². The van der Waals surface area contributed by atoms with Gasteiger partial charge in [0.05, 0.1) is 27.7 Å². The monoisotopic (exact) mass is 833 g/mol. The minimum Gasteiger partial charge on any atom is -0.462 e. The SMILES string of the molecule is CCCCCCCCCCCCCCCCCCCCCCCCCC(=O)OC(COC(=O)CCCCCCCCCCCC)COP(=O)(O)OCC[N+](C)(C)C. The summed E-state index contributed by atoms with van der Waals surface area (Å²) >= 11 is 0. The van der Waals surface area contributed by atoms with Crippen molar-refractivity contribution in [2.75, 3.05) is 47.5 Å². The molecule has 1 N–H and O–H groups in total. The van der Waals surface area contributed by atoms with E-state index in [0.29, 0.717) is 17.4 Å². The third-order valence-corrected chi connectivity index (χ3v) is 11.9. The summed E-state index contributed by atoms with van der Waals surface area (Å²) in [5, 5.41) is 0. The molecule has 0 spiro atoms. The molecule has 57 heavy (non-hydrogen) atoms. The van der Waals surface area contributed by atoms with Crippen molar-refractivity contribution in [1.29, 1.82) is 0 Å². The highest BCUT2D eigenvalue weighted by Gasteiger charge is 2.27. The average Bonchev–Trinajstić information content (AvgIpc) is 3.16. The predicted octanol–water partition coefficient (Wildman–Crippen LogP) is 14.0. The Balaban J connectivity index is 4.13. The molecule has 0 rings (SSSR count). The Kier molecular flexibility index (Phi) is 39.7. The molecule has 0 amide bonds. The Bertz CT molecular complexity index is 943. The summed E-state index contributed by atoms with van der Waals surface area (Å²) in [5.41, 5.74) is 0. The lowest BCUT2D eigenvalue weighted by Crippen LogP contribution is -2.37. The lowest BCUT2D eigenvalue weighted by Gasteiger charge is -2.24. The van der Waals surface area contributed by atoms with Gasteiger partial charge in [-0.25, -0.2) is 4.57 Å². The van der Waals surface area contributed by atoms with Crippen LogP contribution in [0.25, 0.3) is 0 Å². The molecule has 0 aliphatic carbocycles. The summed E-state index contributed by atoms with van der Waals surface area (Å²) in [4.78, 5) is 35.3. The second-order valence-electron chi connectivity index (χ2n) is 17.9. The first-order valence-corrected chi connectivity index (χ1v) is 25.8. The van der Waals surface area contributed by atoms with Crippen molar-refractivity contribution in [2.24, 2.45) is 0 Å². The van der Waals surface area contributed by atoms with Gasteiger partial charge in [-0.3, -0.25) is 18.6 Å². The first-order chi connectivity index (χ1) is 27.5. The lowest BCUT2D eigenvalue weighted by molar-refractivity contribution is -0.870. The highest BCUT2D eigenvalue weighted by atomic mass is 31.2. The van der Waals surface area contributed by atoms with Crippen molar-refractivity contribution in [2.45, 2.75) is 245 Å². The van der Waals surface area contributed by atoms with Crippen LogP contribution in [0, 0.1) is 0 Å². The number of nitrogens with zero attached hydrogens (tertiary/aromatic N) is 1. The minimum absolute atomic E-state index is 0.0368. The molecule has 0 radical (unpaired) electrons. The van der Waals surface area contributed by atoms with Crippen LogP contribution in [0.5, 0.6) is 0 Å². The van der Waals surface area contributed by atoms with E-state index < -0.39 is 26.5 Å². The molecular formula is C47H95NO8P+. The number of phosphoric acid groups is 1. The topological polar surface area (TPSA) is 108 Å². The summed E-state index contributed by atoms with van der Waals surface area (Å²) in [7, 11) is 1.49. The number of rotatable bonds is 45. The summed E-state index contributed by atoms with van der Waals surface area (Å²) in [6, 6.07) is 0. The highest BCUT2D eigenvalue weighted by Crippen LogP contribution is 2.43. The molecule has 9 nitrogen and oxygen atoms in total. The van der Waals surface area contributed by atoms with E-state index in [4.69, 9.17) is 18.5 Å². The van der Waals surface area contributed by atoms with Crippen molar-refractivity contribution in [3.63, 3.8) is 0 Å². The molecule has 0 aromatic heterocycles. The number of esters is 2. The van der Waals surface area contributed by atoms with Gasteiger partial charge in [0.25, 0.3) is 0 Å². The number of unbranched alkanes of at least 4 members (excludes halogenated alkanes) is 31. The van der Waals surface area contributed by atoms with E-state index in [2.05, 4.69) is 13.8 Å². The van der Waals surface area contributed by atoms with Gasteiger partial charge in [0.1, 0.15) is 19.8 Å². The van der Waals surface area contributed by atoms with E-state index >= 15 is 0 Å². The maximum atomic E-state index is 12.7. The van der Waals surface area contributed by atoms with Gasteiger partial charge in [0.2, 0.25) is 0 Å². The second-order valence-corrected chi connectivity index (χ2v) is 19.3. The minimum atomic E-state index is -4.37. The zero-order chi connectivity index (χ0) is 42.1. The molecule has 0 aliphatic heterocycles. The zero-order valence-electron chi connectivity index (χ0n) is 38.4. The lowest BCUT2D eigenvalue weighted by atomic mass is 10.0. The quantitative estimate of drug-likeness (QED) is 0.0280. The molecule has 340 valence electrons. The number of quaternary nitrogens is 1. The third kappa shape index (κ3) is 44.4. The van der Waals surface area contributed by atoms with E-state index in [1.165, 1.54) is 173 Å². The second kappa shape index (κ2) is 40.4. The van der Waals surface area contributed by atoms with E-state index in [0.717, 1.165) is 38.5 Å². The number of phosphoric ester groups is 1. The van der Waals surface area contributed by atoms with Gasteiger partial charge in [-0.05, 0) is 12.8 Å². The molecule has 0 saturated carbocycles. The maximum absolute atomic E-state index is 12.7. The Morgan fingerprint density at radius 3 is 1.12 bits per heavy atom. The largest absolute Gasteiger partial charge is 0.472 e. The van der Waals surface area contributed by atoms with Gasteiger partial charge in [-0.2, -0.15) is 0 Å².